The van der Waals surface area contributed by atoms with E-state index in [0.29, 0.717) is 18.7 Å². The van der Waals surface area contributed by atoms with E-state index >= 15 is 0 Å². The standard InChI is InChI=1S/C21H25BrN2O4S/c1-23(2)18-7-3-16(4-8-18)13-24(19-11-12-29(26,27)15-19)21(25)14-28-20-9-5-17(22)6-10-20/h3-10,19H,11-15H2,1-2H3/t19-/m1/s1. The van der Waals surface area contributed by atoms with E-state index in [1.54, 1.807) is 17.0 Å². The van der Waals surface area contributed by atoms with Gasteiger partial charge in [-0.25, -0.2) is 8.42 Å². The van der Waals surface area contributed by atoms with Crippen LogP contribution >= 0.6 is 15.9 Å². The summed E-state index contributed by atoms with van der Waals surface area (Å²) in [6, 6.07) is 14.8. The molecule has 6 nitrogen and oxygen atoms in total. The van der Waals surface area contributed by atoms with E-state index in [2.05, 4.69) is 15.9 Å². The monoisotopic (exact) mass is 480 g/mol. The minimum atomic E-state index is -3.10. The number of ether oxygens (including phenoxy) is 1. The van der Waals surface area contributed by atoms with E-state index in [1.807, 2.05) is 55.4 Å². The summed E-state index contributed by atoms with van der Waals surface area (Å²) in [5, 5.41) is 0. The maximum Gasteiger partial charge on any atom is 0.261 e. The summed E-state index contributed by atoms with van der Waals surface area (Å²) in [4.78, 5) is 16.6. The van der Waals surface area contributed by atoms with Crippen molar-refractivity contribution in [3.05, 3.63) is 58.6 Å². The quantitative estimate of drug-likeness (QED) is 0.608. The Hall–Kier alpha value is -2.06. The first kappa shape index (κ1) is 21.6. The van der Waals surface area contributed by atoms with Crippen LogP contribution in [0.15, 0.2) is 53.0 Å². The van der Waals surface area contributed by atoms with Gasteiger partial charge in [0.05, 0.1) is 11.5 Å². The number of nitrogens with zero attached hydrogens (tertiary/aromatic N) is 2. The minimum absolute atomic E-state index is 0.00675. The molecule has 0 radical (unpaired) electrons. The Morgan fingerprint density at radius 2 is 1.76 bits per heavy atom. The van der Waals surface area contributed by atoms with E-state index in [9.17, 15) is 13.2 Å². The van der Waals surface area contributed by atoms with Crippen molar-refractivity contribution >= 4 is 37.4 Å². The highest BCUT2D eigenvalue weighted by Gasteiger charge is 2.34. The van der Waals surface area contributed by atoms with Gasteiger partial charge in [-0.2, -0.15) is 0 Å². The molecule has 1 amide bonds. The third-order valence-corrected chi connectivity index (χ3v) is 7.23. The van der Waals surface area contributed by atoms with Crippen LogP contribution in [0.3, 0.4) is 0 Å². The van der Waals surface area contributed by atoms with E-state index in [0.717, 1.165) is 15.7 Å². The number of hydrogen-bond acceptors (Lipinski definition) is 5. The average molecular weight is 481 g/mol. The molecule has 1 aliphatic rings. The van der Waals surface area contributed by atoms with Gasteiger partial charge in [0.25, 0.3) is 5.91 Å². The summed E-state index contributed by atoms with van der Waals surface area (Å²) in [5.74, 6) is 0.504. The summed E-state index contributed by atoms with van der Waals surface area (Å²) in [7, 11) is 0.829. The second-order valence-electron chi connectivity index (χ2n) is 7.38. The zero-order valence-corrected chi connectivity index (χ0v) is 18.9. The summed E-state index contributed by atoms with van der Waals surface area (Å²) >= 11 is 3.36. The molecule has 0 aliphatic carbocycles. The number of carbonyl (C=O) groups is 1. The molecule has 1 atom stereocenters. The van der Waals surface area contributed by atoms with Crippen molar-refractivity contribution in [2.75, 3.05) is 37.1 Å². The second kappa shape index (κ2) is 9.17. The number of halogens is 1. The summed E-state index contributed by atoms with van der Waals surface area (Å²) in [6.45, 7) is 0.227. The fourth-order valence-electron chi connectivity index (χ4n) is 3.30. The molecule has 156 valence electrons. The zero-order valence-electron chi connectivity index (χ0n) is 16.5. The number of sulfone groups is 1. The lowest BCUT2D eigenvalue weighted by Gasteiger charge is -2.28. The van der Waals surface area contributed by atoms with Crippen LogP contribution in [-0.4, -0.2) is 57.5 Å². The maximum absolute atomic E-state index is 12.9. The van der Waals surface area contributed by atoms with Gasteiger partial charge in [-0.1, -0.05) is 28.1 Å². The fourth-order valence-corrected chi connectivity index (χ4v) is 5.29. The van der Waals surface area contributed by atoms with E-state index in [1.165, 1.54) is 0 Å². The lowest BCUT2D eigenvalue weighted by Crippen LogP contribution is -2.43. The molecule has 1 saturated heterocycles. The molecule has 0 saturated carbocycles. The smallest absolute Gasteiger partial charge is 0.261 e. The molecule has 29 heavy (non-hydrogen) atoms. The molecule has 8 heteroatoms. The zero-order chi connectivity index (χ0) is 21.0. The molecular weight excluding hydrogens is 456 g/mol. The van der Waals surface area contributed by atoms with Crippen molar-refractivity contribution in [3.63, 3.8) is 0 Å². The molecule has 0 unspecified atom stereocenters. The van der Waals surface area contributed by atoms with Crippen LogP contribution in [0, 0.1) is 0 Å². The Morgan fingerprint density at radius 1 is 1.10 bits per heavy atom. The number of anilines is 1. The van der Waals surface area contributed by atoms with Crippen molar-refractivity contribution < 1.29 is 17.9 Å². The summed E-state index contributed by atoms with van der Waals surface area (Å²) in [6.07, 6.45) is 0.460. The largest absolute Gasteiger partial charge is 0.484 e. The summed E-state index contributed by atoms with van der Waals surface area (Å²) in [5.41, 5.74) is 2.02. The minimum Gasteiger partial charge on any atom is -0.484 e. The lowest BCUT2D eigenvalue weighted by atomic mass is 10.1. The highest BCUT2D eigenvalue weighted by Crippen LogP contribution is 2.22. The van der Waals surface area contributed by atoms with Gasteiger partial charge in [-0.05, 0) is 48.4 Å². The van der Waals surface area contributed by atoms with Crippen LogP contribution in [0.1, 0.15) is 12.0 Å². The summed E-state index contributed by atoms with van der Waals surface area (Å²) < 4.78 is 30.5. The van der Waals surface area contributed by atoms with Crippen LogP contribution in [0.5, 0.6) is 5.75 Å². The average Bonchev–Trinajstić information content (AvgIpc) is 3.05. The molecule has 1 heterocycles. The SMILES string of the molecule is CN(C)c1ccc(CN(C(=O)COc2ccc(Br)cc2)[C@@H]2CCS(=O)(=O)C2)cc1. The number of benzene rings is 2. The molecule has 0 spiro atoms. The molecule has 0 bridgehead atoms. The van der Waals surface area contributed by atoms with Crippen molar-refractivity contribution in [3.8, 4) is 5.75 Å². The lowest BCUT2D eigenvalue weighted by molar-refractivity contribution is -0.136. The third kappa shape index (κ3) is 5.96. The van der Waals surface area contributed by atoms with E-state index < -0.39 is 9.84 Å². The number of hydrogen-bond donors (Lipinski definition) is 0. The molecule has 0 aromatic heterocycles. The number of carbonyl (C=O) groups excluding carboxylic acids is 1. The molecule has 1 fully saturated rings. The van der Waals surface area contributed by atoms with E-state index in [-0.39, 0.29) is 30.1 Å². The number of amides is 1. The normalized spacial score (nSPS) is 17.7. The Morgan fingerprint density at radius 3 is 2.31 bits per heavy atom. The predicted octanol–water partition coefficient (Wildman–Crippen LogP) is 3.11. The molecule has 1 aliphatic heterocycles. The van der Waals surface area contributed by atoms with Gasteiger partial charge in [-0.15, -0.1) is 0 Å². The first-order valence-electron chi connectivity index (χ1n) is 9.38. The Labute approximate surface area is 180 Å². The maximum atomic E-state index is 12.9. The highest BCUT2D eigenvalue weighted by molar-refractivity contribution is 9.10. The van der Waals surface area contributed by atoms with Crippen LogP contribution in [0.2, 0.25) is 0 Å². The second-order valence-corrected chi connectivity index (χ2v) is 10.5. The van der Waals surface area contributed by atoms with Crippen molar-refractivity contribution in [1.82, 2.24) is 4.90 Å². The van der Waals surface area contributed by atoms with Crippen LogP contribution < -0.4 is 9.64 Å². The third-order valence-electron chi connectivity index (χ3n) is 4.95. The first-order chi connectivity index (χ1) is 13.7. The topological polar surface area (TPSA) is 66.9 Å². The van der Waals surface area contributed by atoms with Crippen LogP contribution in [-0.2, 0) is 21.2 Å². The van der Waals surface area contributed by atoms with Crippen molar-refractivity contribution in [2.24, 2.45) is 0 Å². The molecule has 2 aromatic rings. The first-order valence-corrected chi connectivity index (χ1v) is 12.0. The molecule has 2 aromatic carbocycles. The molecule has 3 rings (SSSR count). The Balaban J connectivity index is 1.73. The van der Waals surface area contributed by atoms with Gasteiger partial charge in [0.15, 0.2) is 16.4 Å². The van der Waals surface area contributed by atoms with Crippen molar-refractivity contribution in [2.45, 2.75) is 19.0 Å². The highest BCUT2D eigenvalue weighted by atomic mass is 79.9. The van der Waals surface area contributed by atoms with Crippen molar-refractivity contribution in [1.29, 1.82) is 0 Å². The fraction of sp³-hybridized carbons (Fsp3) is 0.381. The van der Waals surface area contributed by atoms with Gasteiger partial charge < -0.3 is 14.5 Å². The Bertz CT molecular complexity index is 944. The number of rotatable bonds is 7. The van der Waals surface area contributed by atoms with Crippen LogP contribution in [0.4, 0.5) is 5.69 Å². The molecular formula is C21H25BrN2O4S. The van der Waals surface area contributed by atoms with Crippen LogP contribution in [0.25, 0.3) is 0 Å². The Kier molecular flexibility index (Phi) is 6.85. The van der Waals surface area contributed by atoms with Gasteiger partial charge in [0.2, 0.25) is 0 Å². The van der Waals surface area contributed by atoms with E-state index in [4.69, 9.17) is 4.74 Å². The van der Waals surface area contributed by atoms with Gasteiger partial charge in [0.1, 0.15) is 5.75 Å². The van der Waals surface area contributed by atoms with Gasteiger partial charge in [-0.3, -0.25) is 4.79 Å². The van der Waals surface area contributed by atoms with Gasteiger partial charge in [0, 0.05) is 36.8 Å². The molecule has 0 N–H and O–H groups in total. The predicted molar refractivity (Wildman–Crippen MR) is 118 cm³/mol. The van der Waals surface area contributed by atoms with Gasteiger partial charge >= 0.3 is 0 Å².